The van der Waals surface area contributed by atoms with Crippen LogP contribution in [-0.4, -0.2) is 34.3 Å². The molecule has 4 rings (SSSR count). The van der Waals surface area contributed by atoms with Gasteiger partial charge in [-0.15, -0.1) is 10.2 Å². The van der Waals surface area contributed by atoms with Gasteiger partial charge in [0.05, 0.1) is 12.8 Å². The lowest BCUT2D eigenvalue weighted by Gasteiger charge is -2.22. The molecule has 0 fully saturated rings. The number of benzene rings is 2. The highest BCUT2D eigenvalue weighted by Crippen LogP contribution is 2.44. The third kappa shape index (κ3) is 3.79. The topological polar surface area (TPSA) is 69.0 Å². The van der Waals surface area contributed by atoms with Gasteiger partial charge in [0.25, 0.3) is 0 Å². The second-order valence-electron chi connectivity index (χ2n) is 7.56. The molecule has 0 spiro atoms. The Bertz CT molecular complexity index is 1060. The molecule has 2 atom stereocenters. The molecule has 0 saturated carbocycles. The lowest BCUT2D eigenvalue weighted by Crippen LogP contribution is -2.25. The Morgan fingerprint density at radius 1 is 1.23 bits per heavy atom. The van der Waals surface area contributed by atoms with Crippen molar-refractivity contribution in [3.05, 3.63) is 70.3 Å². The fraction of sp³-hybridized carbons (Fsp3) is 0.348. The molecule has 1 amide bonds. The molecule has 0 aliphatic carbocycles. The first-order chi connectivity index (χ1) is 14.5. The molecule has 1 unspecified atom stereocenters. The molecule has 1 aromatic heterocycles. The Kier molecular flexibility index (Phi) is 5.77. The Balaban J connectivity index is 1.89. The van der Waals surface area contributed by atoms with Crippen LogP contribution >= 0.6 is 11.6 Å². The van der Waals surface area contributed by atoms with Gasteiger partial charge >= 0.3 is 0 Å². The van der Waals surface area contributed by atoms with Gasteiger partial charge in [-0.2, -0.15) is 0 Å². The molecule has 3 aromatic rings. The van der Waals surface area contributed by atoms with Crippen LogP contribution in [0.3, 0.4) is 0 Å². The standard InChI is InChI=1S/C23H25ClN4O2/c1-4-25-22(29)12-16-11-19(15-5-7-17(24)8-6-15)20-13-18(30-3)9-10-21(20)28-14(2)26-27-23(16)28/h5-10,13,16,19H,4,11-12H2,1-3H3,(H,25,29)/t16-,19?/m0/s1. The number of halogens is 1. The van der Waals surface area contributed by atoms with E-state index in [1.165, 1.54) is 0 Å². The highest BCUT2D eigenvalue weighted by atomic mass is 35.5. The van der Waals surface area contributed by atoms with E-state index < -0.39 is 0 Å². The van der Waals surface area contributed by atoms with E-state index >= 15 is 0 Å². The van der Waals surface area contributed by atoms with Crippen molar-refractivity contribution >= 4 is 17.5 Å². The molecule has 2 heterocycles. The van der Waals surface area contributed by atoms with Crippen molar-refractivity contribution < 1.29 is 9.53 Å². The smallest absolute Gasteiger partial charge is 0.220 e. The number of rotatable bonds is 5. The van der Waals surface area contributed by atoms with Crippen LogP contribution in [0.15, 0.2) is 42.5 Å². The van der Waals surface area contributed by atoms with Gasteiger partial charge < -0.3 is 10.1 Å². The monoisotopic (exact) mass is 424 g/mol. The second kappa shape index (κ2) is 8.48. The number of ether oxygens (including phenoxy) is 1. The summed E-state index contributed by atoms with van der Waals surface area (Å²) in [7, 11) is 1.67. The number of carbonyl (C=O) groups is 1. The Labute approximate surface area is 181 Å². The molecular weight excluding hydrogens is 400 g/mol. The molecule has 0 saturated heterocycles. The average molecular weight is 425 g/mol. The number of hydrogen-bond donors (Lipinski definition) is 1. The molecule has 30 heavy (non-hydrogen) atoms. The number of hydrogen-bond acceptors (Lipinski definition) is 4. The first-order valence-electron chi connectivity index (χ1n) is 10.1. The summed E-state index contributed by atoms with van der Waals surface area (Å²) >= 11 is 6.14. The predicted octanol–water partition coefficient (Wildman–Crippen LogP) is 4.38. The van der Waals surface area contributed by atoms with Crippen LogP contribution in [-0.2, 0) is 4.79 Å². The minimum Gasteiger partial charge on any atom is -0.497 e. The van der Waals surface area contributed by atoms with E-state index in [4.69, 9.17) is 16.3 Å². The molecule has 2 aromatic carbocycles. The van der Waals surface area contributed by atoms with Crippen LogP contribution in [0.25, 0.3) is 5.69 Å². The van der Waals surface area contributed by atoms with E-state index in [0.29, 0.717) is 18.0 Å². The minimum absolute atomic E-state index is 0.0214. The Morgan fingerprint density at radius 3 is 2.70 bits per heavy atom. The van der Waals surface area contributed by atoms with E-state index in [2.05, 4.69) is 38.3 Å². The van der Waals surface area contributed by atoms with Crippen LogP contribution in [0.2, 0.25) is 5.02 Å². The summed E-state index contributed by atoms with van der Waals surface area (Å²) < 4.78 is 7.60. The minimum atomic E-state index is -0.0724. The number of aromatic nitrogens is 3. The Hall–Kier alpha value is -2.86. The van der Waals surface area contributed by atoms with Gasteiger partial charge in [-0.3, -0.25) is 9.36 Å². The van der Waals surface area contributed by atoms with Crippen LogP contribution < -0.4 is 10.1 Å². The highest BCUT2D eigenvalue weighted by Gasteiger charge is 2.33. The van der Waals surface area contributed by atoms with Crippen molar-refractivity contribution in [1.29, 1.82) is 0 Å². The van der Waals surface area contributed by atoms with Crippen molar-refractivity contribution in [2.24, 2.45) is 0 Å². The molecule has 156 valence electrons. The number of nitrogens with one attached hydrogen (secondary N) is 1. The van der Waals surface area contributed by atoms with Gasteiger partial charge in [0.15, 0.2) is 0 Å². The first-order valence-corrected chi connectivity index (χ1v) is 10.5. The van der Waals surface area contributed by atoms with Crippen LogP contribution in [0.4, 0.5) is 0 Å². The Morgan fingerprint density at radius 2 is 2.00 bits per heavy atom. The van der Waals surface area contributed by atoms with Crippen molar-refractivity contribution in [2.45, 2.75) is 38.5 Å². The zero-order valence-electron chi connectivity index (χ0n) is 17.4. The SMILES string of the molecule is CCNC(=O)C[C@@H]1CC(c2ccc(Cl)cc2)c2cc(OC)ccc2-n2c(C)nnc21. The van der Waals surface area contributed by atoms with Gasteiger partial charge in [-0.25, -0.2) is 0 Å². The second-order valence-corrected chi connectivity index (χ2v) is 8.00. The maximum atomic E-state index is 12.5. The first kappa shape index (κ1) is 20.4. The highest BCUT2D eigenvalue weighted by molar-refractivity contribution is 6.30. The molecule has 0 bridgehead atoms. The van der Waals surface area contributed by atoms with Crippen molar-refractivity contribution in [2.75, 3.05) is 13.7 Å². The van der Waals surface area contributed by atoms with Crippen LogP contribution in [0.5, 0.6) is 5.75 Å². The number of amides is 1. The van der Waals surface area contributed by atoms with Crippen molar-refractivity contribution in [3.63, 3.8) is 0 Å². The fourth-order valence-electron chi connectivity index (χ4n) is 4.28. The van der Waals surface area contributed by atoms with E-state index in [9.17, 15) is 4.79 Å². The van der Waals surface area contributed by atoms with Crippen molar-refractivity contribution in [1.82, 2.24) is 20.1 Å². The molecule has 7 heteroatoms. The lowest BCUT2D eigenvalue weighted by atomic mass is 9.82. The number of carbonyl (C=O) groups excluding carboxylic acids is 1. The molecule has 6 nitrogen and oxygen atoms in total. The van der Waals surface area contributed by atoms with Gasteiger partial charge in [0, 0.05) is 29.8 Å². The molecular formula is C23H25ClN4O2. The summed E-state index contributed by atoms with van der Waals surface area (Å²) in [5.74, 6) is 2.43. The predicted molar refractivity (Wildman–Crippen MR) is 117 cm³/mol. The van der Waals surface area contributed by atoms with E-state index in [1.807, 2.05) is 38.1 Å². The van der Waals surface area contributed by atoms with Gasteiger partial charge in [0.2, 0.25) is 5.91 Å². The van der Waals surface area contributed by atoms with Gasteiger partial charge in [0.1, 0.15) is 17.4 Å². The maximum Gasteiger partial charge on any atom is 0.220 e. The zero-order chi connectivity index (χ0) is 21.3. The summed E-state index contributed by atoms with van der Waals surface area (Å²) in [6.07, 6.45) is 1.10. The summed E-state index contributed by atoms with van der Waals surface area (Å²) in [5, 5.41) is 12.4. The van der Waals surface area contributed by atoms with E-state index in [-0.39, 0.29) is 17.7 Å². The van der Waals surface area contributed by atoms with Crippen molar-refractivity contribution in [3.8, 4) is 11.4 Å². The van der Waals surface area contributed by atoms with Crippen LogP contribution in [0, 0.1) is 6.92 Å². The summed E-state index contributed by atoms with van der Waals surface area (Å²) in [6.45, 7) is 4.47. The van der Waals surface area contributed by atoms with Gasteiger partial charge in [-0.1, -0.05) is 23.7 Å². The molecule has 1 aliphatic rings. The average Bonchev–Trinajstić information content (AvgIpc) is 3.06. The quantitative estimate of drug-likeness (QED) is 0.659. The van der Waals surface area contributed by atoms with Crippen LogP contribution in [0.1, 0.15) is 54.4 Å². The number of fused-ring (bicyclic) bond motifs is 3. The maximum absolute atomic E-state index is 12.5. The largest absolute Gasteiger partial charge is 0.497 e. The number of methoxy groups -OCH3 is 1. The third-order valence-electron chi connectivity index (χ3n) is 5.66. The van der Waals surface area contributed by atoms with E-state index in [1.54, 1.807) is 7.11 Å². The summed E-state index contributed by atoms with van der Waals surface area (Å²) in [4.78, 5) is 12.5. The summed E-state index contributed by atoms with van der Waals surface area (Å²) in [5.41, 5.74) is 3.29. The normalized spacial score (nSPS) is 17.6. The fourth-order valence-corrected chi connectivity index (χ4v) is 4.40. The number of nitrogens with zero attached hydrogens (tertiary/aromatic N) is 3. The molecule has 1 N–H and O–H groups in total. The van der Waals surface area contributed by atoms with Gasteiger partial charge in [-0.05, 0) is 61.7 Å². The lowest BCUT2D eigenvalue weighted by molar-refractivity contribution is -0.121. The molecule has 0 radical (unpaired) electrons. The zero-order valence-corrected chi connectivity index (χ0v) is 18.1. The molecule has 1 aliphatic heterocycles. The summed E-state index contributed by atoms with van der Waals surface area (Å²) in [6, 6.07) is 14.0. The number of aryl methyl sites for hydroxylation is 1. The third-order valence-corrected chi connectivity index (χ3v) is 5.92. The van der Waals surface area contributed by atoms with E-state index in [0.717, 1.165) is 40.6 Å².